The van der Waals surface area contributed by atoms with E-state index < -0.39 is 0 Å². The van der Waals surface area contributed by atoms with E-state index in [4.69, 9.17) is 18.9 Å². The van der Waals surface area contributed by atoms with Gasteiger partial charge in [0.2, 0.25) is 6.79 Å². The molecule has 0 unspecified atom stereocenters. The molecule has 0 bridgehead atoms. The molecule has 2 aliphatic rings. The second-order valence-electron chi connectivity index (χ2n) is 8.90. The monoisotopic (exact) mass is 478 g/mol. The number of methoxy groups -OCH3 is 1. The first-order valence-electron chi connectivity index (χ1n) is 12.1. The van der Waals surface area contributed by atoms with Crippen LogP contribution in [0.2, 0.25) is 0 Å². The molecule has 6 nitrogen and oxygen atoms in total. The van der Waals surface area contributed by atoms with Gasteiger partial charge in [0.15, 0.2) is 23.0 Å². The van der Waals surface area contributed by atoms with E-state index in [0.717, 1.165) is 62.8 Å². The number of nitrogens with zero attached hydrogens (tertiary/aromatic N) is 2. The molecule has 7 heteroatoms. The van der Waals surface area contributed by atoms with Crippen LogP contribution in [0.1, 0.15) is 23.7 Å². The van der Waals surface area contributed by atoms with Crippen molar-refractivity contribution in [3.05, 3.63) is 83.7 Å². The Labute approximate surface area is 205 Å². The molecule has 0 aromatic heterocycles. The lowest BCUT2D eigenvalue weighted by atomic mass is 10.1. The smallest absolute Gasteiger partial charge is 0.231 e. The Morgan fingerprint density at radius 3 is 2.34 bits per heavy atom. The van der Waals surface area contributed by atoms with Crippen LogP contribution in [-0.4, -0.2) is 56.4 Å². The van der Waals surface area contributed by atoms with Crippen molar-refractivity contribution in [3.63, 3.8) is 0 Å². The highest BCUT2D eigenvalue weighted by molar-refractivity contribution is 5.44. The van der Waals surface area contributed by atoms with Crippen LogP contribution in [0.4, 0.5) is 4.39 Å². The number of ether oxygens (including phenoxy) is 4. The standard InChI is InChI=1S/C28H31FN2O4/c1-32-25-4-2-3-5-27(25)35-24(22-7-9-23(29)10-8-22)12-13-30-14-16-31(17-15-30)19-21-6-11-26-28(18-21)34-20-33-26/h2-11,18,24H,12-17,19-20H2,1H3/t24-/m0/s1. The Morgan fingerprint density at radius 1 is 0.857 bits per heavy atom. The van der Waals surface area contributed by atoms with E-state index in [1.165, 1.54) is 17.7 Å². The Morgan fingerprint density at radius 2 is 1.57 bits per heavy atom. The van der Waals surface area contributed by atoms with Crippen LogP contribution < -0.4 is 18.9 Å². The summed E-state index contributed by atoms with van der Waals surface area (Å²) in [5.41, 5.74) is 2.20. The fourth-order valence-corrected chi connectivity index (χ4v) is 4.61. The maximum Gasteiger partial charge on any atom is 0.231 e. The Kier molecular flexibility index (Phi) is 7.35. The summed E-state index contributed by atoms with van der Waals surface area (Å²) in [6.07, 6.45) is 0.602. The number of piperazine rings is 1. The van der Waals surface area contributed by atoms with Crippen molar-refractivity contribution < 1.29 is 23.3 Å². The van der Waals surface area contributed by atoms with Gasteiger partial charge in [0.1, 0.15) is 11.9 Å². The second kappa shape index (κ2) is 11.0. The van der Waals surface area contributed by atoms with Gasteiger partial charge in [-0.1, -0.05) is 30.3 Å². The molecular formula is C28H31FN2O4. The normalized spacial score (nSPS) is 16.7. The van der Waals surface area contributed by atoms with Gasteiger partial charge >= 0.3 is 0 Å². The molecule has 0 saturated carbocycles. The third-order valence-electron chi connectivity index (χ3n) is 6.60. The van der Waals surface area contributed by atoms with Crippen LogP contribution in [0.5, 0.6) is 23.0 Å². The van der Waals surface area contributed by atoms with Gasteiger partial charge in [0, 0.05) is 45.7 Å². The van der Waals surface area contributed by atoms with E-state index in [1.54, 1.807) is 19.2 Å². The van der Waals surface area contributed by atoms with Crippen molar-refractivity contribution >= 4 is 0 Å². The zero-order chi connectivity index (χ0) is 24.0. The minimum atomic E-state index is -0.247. The van der Waals surface area contributed by atoms with Gasteiger partial charge in [0.05, 0.1) is 7.11 Å². The molecule has 0 amide bonds. The van der Waals surface area contributed by atoms with Crippen LogP contribution in [0.15, 0.2) is 66.7 Å². The van der Waals surface area contributed by atoms with Crippen molar-refractivity contribution in [2.75, 3.05) is 46.6 Å². The molecule has 3 aromatic rings. The first kappa shape index (κ1) is 23.5. The SMILES string of the molecule is COc1ccccc1O[C@@H](CCN1CCN(Cc2ccc3c(c2)OCO3)CC1)c1ccc(F)cc1. The molecule has 3 aromatic carbocycles. The predicted octanol–water partition coefficient (Wildman–Crippen LogP) is 4.89. The summed E-state index contributed by atoms with van der Waals surface area (Å²) in [7, 11) is 1.64. The maximum absolute atomic E-state index is 13.5. The van der Waals surface area contributed by atoms with Gasteiger partial charge < -0.3 is 23.8 Å². The molecule has 2 aliphatic heterocycles. The predicted molar refractivity (Wildman–Crippen MR) is 132 cm³/mol. The minimum absolute atomic E-state index is 0.196. The molecular weight excluding hydrogens is 447 g/mol. The molecule has 5 rings (SSSR count). The quantitative estimate of drug-likeness (QED) is 0.436. The van der Waals surface area contributed by atoms with Crippen LogP contribution in [-0.2, 0) is 6.54 Å². The maximum atomic E-state index is 13.5. The topological polar surface area (TPSA) is 43.4 Å². The molecule has 1 fully saturated rings. The molecule has 184 valence electrons. The molecule has 1 atom stereocenters. The lowest BCUT2D eigenvalue weighted by molar-refractivity contribution is 0.106. The summed E-state index contributed by atoms with van der Waals surface area (Å²) in [5.74, 6) is 2.80. The minimum Gasteiger partial charge on any atom is -0.493 e. The number of hydrogen-bond donors (Lipinski definition) is 0. The summed E-state index contributed by atoms with van der Waals surface area (Å²) < 4.78 is 36.3. The Bertz CT molecular complexity index is 1120. The average molecular weight is 479 g/mol. The van der Waals surface area contributed by atoms with Gasteiger partial charge in [-0.3, -0.25) is 4.90 Å². The van der Waals surface area contributed by atoms with Gasteiger partial charge in [-0.2, -0.15) is 0 Å². The van der Waals surface area contributed by atoms with Gasteiger partial charge in [0.25, 0.3) is 0 Å². The number of halogens is 1. The van der Waals surface area contributed by atoms with Crippen LogP contribution >= 0.6 is 0 Å². The summed E-state index contributed by atoms with van der Waals surface area (Å²) in [5, 5.41) is 0. The zero-order valence-corrected chi connectivity index (χ0v) is 20.0. The zero-order valence-electron chi connectivity index (χ0n) is 20.0. The summed E-state index contributed by atoms with van der Waals surface area (Å²) >= 11 is 0. The highest BCUT2D eigenvalue weighted by Gasteiger charge is 2.22. The van der Waals surface area contributed by atoms with Crippen molar-refractivity contribution in [3.8, 4) is 23.0 Å². The number of para-hydroxylation sites is 2. The molecule has 0 N–H and O–H groups in total. The van der Waals surface area contributed by atoms with Crippen LogP contribution in [0.25, 0.3) is 0 Å². The van der Waals surface area contributed by atoms with E-state index in [-0.39, 0.29) is 11.9 Å². The number of benzene rings is 3. The molecule has 2 heterocycles. The largest absolute Gasteiger partial charge is 0.493 e. The number of rotatable bonds is 9. The summed E-state index contributed by atoms with van der Waals surface area (Å²) in [6.45, 7) is 6.10. The third kappa shape index (κ3) is 5.86. The van der Waals surface area contributed by atoms with E-state index in [1.807, 2.05) is 30.3 Å². The van der Waals surface area contributed by atoms with E-state index in [0.29, 0.717) is 18.3 Å². The number of hydrogen-bond acceptors (Lipinski definition) is 6. The van der Waals surface area contributed by atoms with E-state index >= 15 is 0 Å². The van der Waals surface area contributed by atoms with Crippen molar-refractivity contribution in [1.82, 2.24) is 9.80 Å². The van der Waals surface area contributed by atoms with Gasteiger partial charge in [-0.15, -0.1) is 0 Å². The third-order valence-corrected chi connectivity index (χ3v) is 6.60. The van der Waals surface area contributed by atoms with Crippen molar-refractivity contribution in [2.24, 2.45) is 0 Å². The average Bonchev–Trinajstić information content (AvgIpc) is 3.36. The lowest BCUT2D eigenvalue weighted by Crippen LogP contribution is -2.46. The first-order chi connectivity index (χ1) is 17.2. The van der Waals surface area contributed by atoms with Crippen molar-refractivity contribution in [1.29, 1.82) is 0 Å². The Balaban J connectivity index is 1.17. The molecule has 35 heavy (non-hydrogen) atoms. The highest BCUT2D eigenvalue weighted by atomic mass is 19.1. The highest BCUT2D eigenvalue weighted by Crippen LogP contribution is 2.34. The molecule has 1 saturated heterocycles. The fourth-order valence-electron chi connectivity index (χ4n) is 4.61. The van der Waals surface area contributed by atoms with Gasteiger partial charge in [-0.05, 0) is 47.5 Å². The molecule has 0 aliphatic carbocycles. The lowest BCUT2D eigenvalue weighted by Gasteiger charge is -2.35. The molecule has 0 spiro atoms. The molecule has 0 radical (unpaired) electrons. The second-order valence-corrected chi connectivity index (χ2v) is 8.90. The summed E-state index contributed by atoms with van der Waals surface area (Å²) in [4.78, 5) is 4.94. The fraction of sp³-hybridized carbons (Fsp3) is 0.357. The number of fused-ring (bicyclic) bond motifs is 1. The summed E-state index contributed by atoms with van der Waals surface area (Å²) in [6, 6.07) is 20.4. The van der Waals surface area contributed by atoms with Crippen molar-refractivity contribution in [2.45, 2.75) is 19.1 Å². The van der Waals surface area contributed by atoms with E-state index in [2.05, 4.69) is 21.9 Å². The van der Waals surface area contributed by atoms with Crippen LogP contribution in [0.3, 0.4) is 0 Å². The van der Waals surface area contributed by atoms with Crippen LogP contribution in [0, 0.1) is 5.82 Å². The Hall–Kier alpha value is -3.29. The first-order valence-corrected chi connectivity index (χ1v) is 12.1. The van der Waals surface area contributed by atoms with E-state index in [9.17, 15) is 4.39 Å². The van der Waals surface area contributed by atoms with Gasteiger partial charge in [-0.25, -0.2) is 4.39 Å².